The molecule has 1 amide bonds. The first-order valence-corrected chi connectivity index (χ1v) is 12.4. The van der Waals surface area contributed by atoms with Crippen LogP contribution in [0.1, 0.15) is 54.1 Å². The lowest BCUT2D eigenvalue weighted by atomic mass is 10.0. The third kappa shape index (κ3) is 7.52. The molecule has 200 valence electrons. The lowest BCUT2D eigenvalue weighted by Gasteiger charge is -2.12. The molecule has 0 saturated heterocycles. The smallest absolute Gasteiger partial charge is 0.336 e. The predicted octanol–water partition coefficient (Wildman–Crippen LogP) is 6.38. The number of anilines is 2. The standard InChI is InChI=1S/C31H30N2O6/c1-20-3-9-24(25(15-20)19-39-37)18-38-33-27-12-7-23(8-13-27)17-22-5-10-26(11-6-22)32-30(34)28-14-4-21(2)16-29(28)31(35)36/h3-16,33,37H,17-19H2,1-2H3,(H,32,34)(H,35,36). The van der Waals surface area contributed by atoms with E-state index in [-0.39, 0.29) is 17.7 Å². The van der Waals surface area contributed by atoms with Crippen molar-refractivity contribution in [3.05, 3.63) is 129 Å². The van der Waals surface area contributed by atoms with Crippen molar-refractivity contribution in [2.45, 2.75) is 33.5 Å². The van der Waals surface area contributed by atoms with Gasteiger partial charge in [-0.2, -0.15) is 0 Å². The molecule has 39 heavy (non-hydrogen) atoms. The van der Waals surface area contributed by atoms with Gasteiger partial charge in [0.05, 0.1) is 23.4 Å². The SMILES string of the molecule is Cc1ccc(CONc2ccc(Cc3ccc(NC(=O)c4ccc(C)cc4C(=O)O)cc3)cc2)c(COO)c1. The average molecular weight is 527 g/mol. The van der Waals surface area contributed by atoms with Crippen molar-refractivity contribution in [1.82, 2.24) is 0 Å². The van der Waals surface area contributed by atoms with Gasteiger partial charge in [0, 0.05) is 5.69 Å². The van der Waals surface area contributed by atoms with Crippen LogP contribution in [-0.2, 0) is 29.4 Å². The Morgan fingerprint density at radius 1 is 0.718 bits per heavy atom. The van der Waals surface area contributed by atoms with Crippen LogP contribution in [0.2, 0.25) is 0 Å². The van der Waals surface area contributed by atoms with E-state index in [2.05, 4.69) is 15.7 Å². The molecule has 4 aromatic rings. The van der Waals surface area contributed by atoms with E-state index in [1.54, 1.807) is 25.1 Å². The van der Waals surface area contributed by atoms with Gasteiger partial charge in [-0.3, -0.25) is 20.4 Å². The first-order valence-electron chi connectivity index (χ1n) is 12.4. The summed E-state index contributed by atoms with van der Waals surface area (Å²) in [6.07, 6.45) is 0.699. The molecule has 0 heterocycles. The second kappa shape index (κ2) is 12.8. The Kier molecular flexibility index (Phi) is 9.06. The number of nitrogens with one attached hydrogen (secondary N) is 2. The molecule has 8 heteroatoms. The molecule has 0 spiro atoms. The van der Waals surface area contributed by atoms with Crippen LogP contribution in [0, 0.1) is 13.8 Å². The van der Waals surface area contributed by atoms with Crippen LogP contribution in [0.3, 0.4) is 0 Å². The van der Waals surface area contributed by atoms with Crippen molar-refractivity contribution in [2.75, 3.05) is 10.8 Å². The summed E-state index contributed by atoms with van der Waals surface area (Å²) in [5, 5.41) is 21.0. The predicted molar refractivity (Wildman–Crippen MR) is 149 cm³/mol. The van der Waals surface area contributed by atoms with Crippen molar-refractivity contribution in [1.29, 1.82) is 0 Å². The van der Waals surface area contributed by atoms with E-state index in [4.69, 9.17) is 10.1 Å². The van der Waals surface area contributed by atoms with Crippen molar-refractivity contribution < 1.29 is 29.7 Å². The van der Waals surface area contributed by atoms with Crippen molar-refractivity contribution >= 4 is 23.3 Å². The zero-order chi connectivity index (χ0) is 27.8. The molecule has 0 unspecified atom stereocenters. The third-order valence-corrected chi connectivity index (χ3v) is 6.22. The lowest BCUT2D eigenvalue weighted by molar-refractivity contribution is -0.253. The van der Waals surface area contributed by atoms with Gasteiger partial charge in [0.1, 0.15) is 6.61 Å². The van der Waals surface area contributed by atoms with Gasteiger partial charge in [0.15, 0.2) is 0 Å². The minimum atomic E-state index is -1.14. The van der Waals surface area contributed by atoms with Crippen LogP contribution in [0.4, 0.5) is 11.4 Å². The Hall–Kier alpha value is -4.50. The lowest BCUT2D eigenvalue weighted by Crippen LogP contribution is -2.16. The average Bonchev–Trinajstić information content (AvgIpc) is 2.92. The highest BCUT2D eigenvalue weighted by Gasteiger charge is 2.17. The summed E-state index contributed by atoms with van der Waals surface area (Å²) < 4.78 is 0. The monoisotopic (exact) mass is 526 g/mol. The second-order valence-electron chi connectivity index (χ2n) is 9.32. The summed E-state index contributed by atoms with van der Waals surface area (Å²) >= 11 is 0. The van der Waals surface area contributed by atoms with Gasteiger partial charge in [-0.25, -0.2) is 9.68 Å². The maximum Gasteiger partial charge on any atom is 0.336 e. The quantitative estimate of drug-likeness (QED) is 0.132. The first-order chi connectivity index (χ1) is 18.8. The minimum Gasteiger partial charge on any atom is -0.478 e. The Morgan fingerprint density at radius 2 is 1.33 bits per heavy atom. The number of aromatic carboxylic acids is 1. The van der Waals surface area contributed by atoms with E-state index in [0.717, 1.165) is 39.1 Å². The van der Waals surface area contributed by atoms with Gasteiger partial charge in [-0.15, -0.1) is 0 Å². The molecule has 0 aliphatic carbocycles. The topological polar surface area (TPSA) is 117 Å². The van der Waals surface area contributed by atoms with E-state index in [1.807, 2.05) is 61.5 Å². The number of hydrogen-bond donors (Lipinski definition) is 4. The summed E-state index contributed by atoms with van der Waals surface area (Å²) in [6, 6.07) is 25.9. The van der Waals surface area contributed by atoms with E-state index in [9.17, 15) is 14.7 Å². The minimum absolute atomic E-state index is 0.0244. The van der Waals surface area contributed by atoms with E-state index >= 15 is 0 Å². The van der Waals surface area contributed by atoms with Gasteiger partial charge in [0.25, 0.3) is 5.91 Å². The molecular formula is C31H30N2O6. The van der Waals surface area contributed by atoms with Crippen LogP contribution < -0.4 is 10.8 Å². The number of carbonyl (C=O) groups is 2. The van der Waals surface area contributed by atoms with Gasteiger partial charge in [0.2, 0.25) is 0 Å². The molecule has 0 fully saturated rings. The van der Waals surface area contributed by atoms with Crippen LogP contribution in [0.15, 0.2) is 84.9 Å². The number of benzene rings is 4. The van der Waals surface area contributed by atoms with Gasteiger partial charge < -0.3 is 10.4 Å². The zero-order valence-corrected chi connectivity index (χ0v) is 21.7. The van der Waals surface area contributed by atoms with Crippen LogP contribution in [0.25, 0.3) is 0 Å². The molecule has 4 N–H and O–H groups in total. The molecule has 0 aromatic heterocycles. The fraction of sp³-hybridized carbons (Fsp3) is 0.161. The summed E-state index contributed by atoms with van der Waals surface area (Å²) in [4.78, 5) is 34.1. The summed E-state index contributed by atoms with van der Waals surface area (Å²) in [6.45, 7) is 4.16. The Labute approximate surface area is 226 Å². The molecule has 4 rings (SSSR count). The number of rotatable bonds is 11. The highest BCUT2D eigenvalue weighted by atomic mass is 17.1. The second-order valence-corrected chi connectivity index (χ2v) is 9.32. The van der Waals surface area contributed by atoms with Crippen LogP contribution >= 0.6 is 0 Å². The molecule has 4 aromatic carbocycles. The Balaban J connectivity index is 1.30. The molecule has 8 nitrogen and oxygen atoms in total. The summed E-state index contributed by atoms with van der Waals surface area (Å²) in [5.74, 6) is -1.61. The molecule has 0 bridgehead atoms. The van der Waals surface area contributed by atoms with Crippen LogP contribution in [-0.4, -0.2) is 22.2 Å². The highest BCUT2D eigenvalue weighted by Crippen LogP contribution is 2.19. The number of aryl methyl sites for hydroxylation is 2. The molecule has 0 atom stereocenters. The molecule has 0 aliphatic heterocycles. The maximum atomic E-state index is 12.7. The summed E-state index contributed by atoms with van der Waals surface area (Å²) in [5.41, 5.74) is 10.2. The zero-order valence-electron chi connectivity index (χ0n) is 21.7. The Bertz CT molecular complexity index is 1450. The summed E-state index contributed by atoms with van der Waals surface area (Å²) in [7, 11) is 0. The van der Waals surface area contributed by atoms with Gasteiger partial charge in [-0.05, 0) is 78.9 Å². The molecule has 0 radical (unpaired) electrons. The van der Waals surface area contributed by atoms with E-state index in [1.165, 1.54) is 12.1 Å². The van der Waals surface area contributed by atoms with Crippen LogP contribution in [0.5, 0.6) is 0 Å². The van der Waals surface area contributed by atoms with Gasteiger partial charge in [-0.1, -0.05) is 59.7 Å². The van der Waals surface area contributed by atoms with Crippen molar-refractivity contribution in [3.63, 3.8) is 0 Å². The van der Waals surface area contributed by atoms with E-state index < -0.39 is 11.9 Å². The van der Waals surface area contributed by atoms with E-state index in [0.29, 0.717) is 18.7 Å². The maximum absolute atomic E-state index is 12.7. The first kappa shape index (κ1) is 27.5. The van der Waals surface area contributed by atoms with Crippen molar-refractivity contribution in [2.24, 2.45) is 0 Å². The molecule has 0 aliphatic rings. The molecule has 0 saturated carbocycles. The number of carboxylic acid groups (broad SMARTS) is 1. The fourth-order valence-corrected chi connectivity index (χ4v) is 4.16. The normalized spacial score (nSPS) is 10.7. The Morgan fingerprint density at radius 3 is 1.97 bits per heavy atom. The number of carbonyl (C=O) groups excluding carboxylic acids is 1. The van der Waals surface area contributed by atoms with Gasteiger partial charge >= 0.3 is 5.97 Å². The highest BCUT2D eigenvalue weighted by molar-refractivity contribution is 6.10. The number of carboxylic acids is 1. The number of amides is 1. The molecular weight excluding hydrogens is 496 g/mol. The number of hydrogen-bond acceptors (Lipinski definition) is 6. The van der Waals surface area contributed by atoms with Crippen molar-refractivity contribution in [3.8, 4) is 0 Å². The fourth-order valence-electron chi connectivity index (χ4n) is 4.16. The third-order valence-electron chi connectivity index (χ3n) is 6.22. The largest absolute Gasteiger partial charge is 0.478 e.